The minimum atomic E-state index is 0.656. The van der Waals surface area contributed by atoms with Gasteiger partial charge in [-0.1, -0.05) is 29.3 Å². The van der Waals surface area contributed by atoms with Crippen molar-refractivity contribution in [3.63, 3.8) is 0 Å². The van der Waals surface area contributed by atoms with Gasteiger partial charge < -0.3 is 5.32 Å². The highest BCUT2D eigenvalue weighted by molar-refractivity contribution is 7.18. The van der Waals surface area contributed by atoms with Crippen LogP contribution in [0.25, 0.3) is 10.2 Å². The first kappa shape index (κ1) is 14.6. The molecule has 3 aromatic rings. The van der Waals surface area contributed by atoms with Crippen molar-refractivity contribution in [3.8, 4) is 0 Å². The Labute approximate surface area is 137 Å². The van der Waals surface area contributed by atoms with Crippen LogP contribution in [0.3, 0.4) is 0 Å². The molecule has 0 amide bonds. The van der Waals surface area contributed by atoms with Gasteiger partial charge in [-0.3, -0.25) is 0 Å². The van der Waals surface area contributed by atoms with Gasteiger partial charge in [0.2, 0.25) is 0 Å². The minimum Gasteiger partial charge on any atom is -0.368 e. The van der Waals surface area contributed by atoms with E-state index < -0.39 is 0 Å². The van der Waals surface area contributed by atoms with Crippen molar-refractivity contribution in [1.82, 2.24) is 9.97 Å². The summed E-state index contributed by atoms with van der Waals surface area (Å²) in [5, 5.41) is 6.81. The van der Waals surface area contributed by atoms with E-state index in [1.54, 1.807) is 23.7 Å². The standard InChI is InChI=1S/C15H13Cl2N3S/c1-9-7-21-14-13(9)19-8-20-15(14)18-5-4-10-2-3-11(16)6-12(10)17/h2-3,6-8H,4-5H2,1H3,(H,18,19,20). The highest BCUT2D eigenvalue weighted by Crippen LogP contribution is 2.28. The van der Waals surface area contributed by atoms with Crippen molar-refractivity contribution in [2.75, 3.05) is 11.9 Å². The maximum atomic E-state index is 6.17. The molecule has 6 heteroatoms. The van der Waals surface area contributed by atoms with Gasteiger partial charge in [-0.25, -0.2) is 9.97 Å². The summed E-state index contributed by atoms with van der Waals surface area (Å²) in [5.41, 5.74) is 3.27. The molecule has 0 saturated carbocycles. The number of rotatable bonds is 4. The smallest absolute Gasteiger partial charge is 0.147 e. The van der Waals surface area contributed by atoms with Crippen LogP contribution in [-0.4, -0.2) is 16.5 Å². The Morgan fingerprint density at radius 2 is 2.10 bits per heavy atom. The lowest BCUT2D eigenvalue weighted by atomic mass is 10.1. The van der Waals surface area contributed by atoms with Crippen molar-refractivity contribution >= 4 is 50.6 Å². The van der Waals surface area contributed by atoms with Crippen molar-refractivity contribution in [2.45, 2.75) is 13.3 Å². The third kappa shape index (κ3) is 3.12. The number of hydrogen-bond donors (Lipinski definition) is 1. The number of benzene rings is 1. The first-order valence-electron chi connectivity index (χ1n) is 6.52. The Hall–Kier alpha value is -1.36. The zero-order valence-corrected chi connectivity index (χ0v) is 13.7. The normalized spacial score (nSPS) is 11.0. The molecule has 0 spiro atoms. The van der Waals surface area contributed by atoms with Gasteiger partial charge in [-0.15, -0.1) is 11.3 Å². The fourth-order valence-corrected chi connectivity index (χ4v) is 3.61. The molecule has 0 bridgehead atoms. The van der Waals surface area contributed by atoms with Gasteiger partial charge in [0.15, 0.2) is 0 Å². The van der Waals surface area contributed by atoms with Crippen molar-refractivity contribution < 1.29 is 0 Å². The predicted molar refractivity (Wildman–Crippen MR) is 90.8 cm³/mol. The van der Waals surface area contributed by atoms with Crippen LogP contribution in [0.1, 0.15) is 11.1 Å². The minimum absolute atomic E-state index is 0.656. The first-order valence-corrected chi connectivity index (χ1v) is 8.15. The number of anilines is 1. The van der Waals surface area contributed by atoms with Crippen LogP contribution in [0.2, 0.25) is 10.0 Å². The van der Waals surface area contributed by atoms with Gasteiger partial charge in [0.25, 0.3) is 0 Å². The number of nitrogens with one attached hydrogen (secondary N) is 1. The molecule has 0 aliphatic heterocycles. The van der Waals surface area contributed by atoms with Crippen molar-refractivity contribution in [3.05, 3.63) is 51.1 Å². The van der Waals surface area contributed by atoms with Gasteiger partial charge in [0.05, 0.1) is 10.2 Å². The average molecular weight is 338 g/mol. The lowest BCUT2D eigenvalue weighted by molar-refractivity contribution is 1.01. The second kappa shape index (κ2) is 6.18. The highest BCUT2D eigenvalue weighted by Gasteiger charge is 2.08. The van der Waals surface area contributed by atoms with E-state index in [1.165, 1.54) is 5.56 Å². The van der Waals surface area contributed by atoms with Crippen molar-refractivity contribution in [2.24, 2.45) is 0 Å². The van der Waals surface area contributed by atoms with E-state index in [1.807, 2.05) is 12.1 Å². The summed E-state index contributed by atoms with van der Waals surface area (Å²) >= 11 is 13.7. The molecule has 0 fully saturated rings. The summed E-state index contributed by atoms with van der Waals surface area (Å²) < 4.78 is 1.09. The molecule has 2 aromatic heterocycles. The number of thiophene rings is 1. The number of aryl methyl sites for hydroxylation is 1. The van der Waals surface area contributed by atoms with Crippen molar-refractivity contribution in [1.29, 1.82) is 0 Å². The molecule has 2 heterocycles. The van der Waals surface area contributed by atoms with Gasteiger partial charge in [0.1, 0.15) is 12.1 Å². The van der Waals surface area contributed by atoms with Crippen LogP contribution >= 0.6 is 34.5 Å². The summed E-state index contributed by atoms with van der Waals surface area (Å²) in [4.78, 5) is 8.64. The number of nitrogens with zero attached hydrogens (tertiary/aromatic N) is 2. The largest absolute Gasteiger partial charge is 0.368 e. The van der Waals surface area contributed by atoms with Gasteiger partial charge in [0, 0.05) is 16.6 Å². The zero-order valence-electron chi connectivity index (χ0n) is 11.4. The van der Waals surface area contributed by atoms with E-state index in [4.69, 9.17) is 23.2 Å². The second-order valence-corrected chi connectivity index (χ2v) is 6.45. The number of hydrogen-bond acceptors (Lipinski definition) is 4. The third-order valence-electron chi connectivity index (χ3n) is 3.23. The molecule has 0 aliphatic carbocycles. The monoisotopic (exact) mass is 337 g/mol. The summed E-state index contributed by atoms with van der Waals surface area (Å²) in [6.45, 7) is 2.81. The van der Waals surface area contributed by atoms with Crippen LogP contribution in [0.5, 0.6) is 0 Å². The molecule has 3 nitrogen and oxygen atoms in total. The van der Waals surface area contributed by atoms with Crippen LogP contribution in [0.15, 0.2) is 29.9 Å². The summed E-state index contributed by atoms with van der Waals surface area (Å²) in [6.07, 6.45) is 2.41. The highest BCUT2D eigenvalue weighted by atomic mass is 35.5. The fourth-order valence-electron chi connectivity index (χ4n) is 2.14. The topological polar surface area (TPSA) is 37.8 Å². The third-order valence-corrected chi connectivity index (χ3v) is 4.91. The van der Waals surface area contributed by atoms with E-state index in [0.29, 0.717) is 10.0 Å². The number of halogens is 2. The maximum Gasteiger partial charge on any atom is 0.147 e. The summed E-state index contributed by atoms with van der Waals surface area (Å²) in [5.74, 6) is 0.878. The van der Waals surface area contributed by atoms with Crippen LogP contribution in [0, 0.1) is 6.92 Å². The molecule has 0 radical (unpaired) electrons. The summed E-state index contributed by atoms with van der Waals surface area (Å²) in [7, 11) is 0. The molecular formula is C15H13Cl2N3S. The molecule has 3 rings (SSSR count). The Kier molecular flexibility index (Phi) is 4.29. The van der Waals surface area contributed by atoms with E-state index in [0.717, 1.165) is 34.6 Å². The molecule has 0 saturated heterocycles. The lowest BCUT2D eigenvalue weighted by Gasteiger charge is -2.08. The fraction of sp³-hybridized carbons (Fsp3) is 0.200. The zero-order chi connectivity index (χ0) is 14.8. The molecular weight excluding hydrogens is 325 g/mol. The average Bonchev–Trinajstić information content (AvgIpc) is 2.84. The van der Waals surface area contributed by atoms with Crippen LogP contribution < -0.4 is 5.32 Å². The first-order chi connectivity index (χ1) is 10.1. The molecule has 1 N–H and O–H groups in total. The predicted octanol–water partition coefficient (Wildman–Crippen LogP) is 4.96. The Balaban J connectivity index is 1.72. The lowest BCUT2D eigenvalue weighted by Crippen LogP contribution is -2.07. The number of aromatic nitrogens is 2. The van der Waals surface area contributed by atoms with E-state index in [2.05, 4.69) is 27.6 Å². The SMILES string of the molecule is Cc1csc2c(NCCc3ccc(Cl)cc3Cl)ncnc12. The van der Waals surface area contributed by atoms with E-state index >= 15 is 0 Å². The molecule has 0 unspecified atom stereocenters. The van der Waals surface area contributed by atoms with E-state index in [9.17, 15) is 0 Å². The molecule has 0 atom stereocenters. The molecule has 21 heavy (non-hydrogen) atoms. The Bertz CT molecular complexity index is 786. The maximum absolute atomic E-state index is 6.17. The molecule has 108 valence electrons. The Morgan fingerprint density at radius 1 is 1.24 bits per heavy atom. The Morgan fingerprint density at radius 3 is 2.90 bits per heavy atom. The van der Waals surface area contributed by atoms with Crippen LogP contribution in [0.4, 0.5) is 5.82 Å². The van der Waals surface area contributed by atoms with E-state index in [-0.39, 0.29) is 0 Å². The van der Waals surface area contributed by atoms with Crippen LogP contribution in [-0.2, 0) is 6.42 Å². The van der Waals surface area contributed by atoms with Gasteiger partial charge >= 0.3 is 0 Å². The van der Waals surface area contributed by atoms with Gasteiger partial charge in [-0.2, -0.15) is 0 Å². The summed E-state index contributed by atoms with van der Waals surface area (Å²) in [6, 6.07) is 5.58. The number of fused-ring (bicyclic) bond motifs is 1. The molecule has 1 aromatic carbocycles. The quantitative estimate of drug-likeness (QED) is 0.730. The molecule has 0 aliphatic rings. The second-order valence-electron chi connectivity index (χ2n) is 4.73. The van der Waals surface area contributed by atoms with Gasteiger partial charge in [-0.05, 0) is 42.0 Å².